The van der Waals surface area contributed by atoms with E-state index in [-0.39, 0.29) is 0 Å². The fourth-order valence-corrected chi connectivity index (χ4v) is 2.75. The van der Waals surface area contributed by atoms with Gasteiger partial charge in [-0.1, -0.05) is 11.6 Å². The molecule has 2 heterocycles. The van der Waals surface area contributed by atoms with Gasteiger partial charge in [0.25, 0.3) is 0 Å². The lowest BCUT2D eigenvalue weighted by Gasteiger charge is -2.42. The second-order valence-electron chi connectivity index (χ2n) is 5.30. The van der Waals surface area contributed by atoms with Gasteiger partial charge in [-0.25, -0.2) is 0 Å². The van der Waals surface area contributed by atoms with Crippen molar-refractivity contribution in [3.63, 3.8) is 0 Å². The van der Waals surface area contributed by atoms with Crippen LogP contribution in [0, 0.1) is 6.92 Å². The summed E-state index contributed by atoms with van der Waals surface area (Å²) >= 11 is 0. The van der Waals surface area contributed by atoms with Crippen molar-refractivity contribution in [1.29, 1.82) is 0 Å². The molecule has 17 heavy (non-hydrogen) atoms. The molecule has 2 aliphatic rings. The Bertz CT molecular complexity index is 364. The zero-order valence-electron chi connectivity index (χ0n) is 10.6. The first kappa shape index (κ1) is 11.2. The van der Waals surface area contributed by atoms with E-state index in [1.165, 1.54) is 51.0 Å². The van der Waals surface area contributed by atoms with E-state index in [1.54, 1.807) is 0 Å². The van der Waals surface area contributed by atoms with Crippen LogP contribution in [0.3, 0.4) is 0 Å². The van der Waals surface area contributed by atoms with Gasteiger partial charge in [0, 0.05) is 44.3 Å². The van der Waals surface area contributed by atoms with E-state index in [1.807, 2.05) is 13.1 Å². The van der Waals surface area contributed by atoms with Crippen LogP contribution >= 0.6 is 0 Å². The van der Waals surface area contributed by atoms with E-state index >= 15 is 0 Å². The zero-order valence-corrected chi connectivity index (χ0v) is 10.6. The minimum Gasteiger partial charge on any atom is -0.361 e. The number of aryl methyl sites for hydroxylation is 1. The van der Waals surface area contributed by atoms with Crippen LogP contribution in [0.1, 0.15) is 30.6 Å². The molecule has 3 rings (SSSR count). The second-order valence-corrected chi connectivity index (χ2v) is 5.30. The molecular formula is C13H21N3O. The van der Waals surface area contributed by atoms with Crippen molar-refractivity contribution in [3.8, 4) is 0 Å². The summed E-state index contributed by atoms with van der Waals surface area (Å²) in [6.07, 6.45) is 6.13. The molecule has 0 unspecified atom stereocenters. The van der Waals surface area contributed by atoms with Crippen molar-refractivity contribution in [2.24, 2.45) is 0 Å². The molecule has 0 bridgehead atoms. The van der Waals surface area contributed by atoms with Gasteiger partial charge in [-0.15, -0.1) is 0 Å². The fourth-order valence-electron chi connectivity index (χ4n) is 2.75. The predicted octanol–water partition coefficient (Wildman–Crippen LogP) is 1.65. The van der Waals surface area contributed by atoms with E-state index in [0.717, 1.165) is 18.3 Å². The summed E-state index contributed by atoms with van der Waals surface area (Å²) in [5.74, 6) is 0.964. The van der Waals surface area contributed by atoms with Crippen LogP contribution in [0.25, 0.3) is 0 Å². The minimum absolute atomic E-state index is 0.898. The highest BCUT2D eigenvalue weighted by atomic mass is 16.5. The third-order valence-electron chi connectivity index (χ3n) is 4.24. The van der Waals surface area contributed by atoms with Crippen LogP contribution < -0.4 is 0 Å². The van der Waals surface area contributed by atoms with Crippen LogP contribution in [0.4, 0.5) is 0 Å². The Labute approximate surface area is 103 Å². The van der Waals surface area contributed by atoms with Gasteiger partial charge in [-0.3, -0.25) is 9.80 Å². The molecule has 0 amide bonds. The lowest BCUT2D eigenvalue weighted by molar-refractivity contribution is 0.0586. The number of rotatable bonds is 3. The third-order valence-corrected chi connectivity index (χ3v) is 4.24. The van der Waals surface area contributed by atoms with Crippen molar-refractivity contribution in [2.75, 3.05) is 26.2 Å². The minimum atomic E-state index is 0.898. The van der Waals surface area contributed by atoms with Gasteiger partial charge in [0.1, 0.15) is 5.76 Å². The maximum Gasteiger partial charge on any atom is 0.138 e. The normalized spacial score (nSPS) is 23.8. The zero-order chi connectivity index (χ0) is 11.7. The van der Waals surface area contributed by atoms with Gasteiger partial charge in [0.05, 0.1) is 6.20 Å². The Kier molecular flexibility index (Phi) is 3.16. The van der Waals surface area contributed by atoms with Crippen molar-refractivity contribution >= 4 is 0 Å². The average molecular weight is 235 g/mol. The molecule has 1 aromatic rings. The van der Waals surface area contributed by atoms with Crippen molar-refractivity contribution in [2.45, 2.75) is 38.8 Å². The van der Waals surface area contributed by atoms with Gasteiger partial charge >= 0.3 is 0 Å². The van der Waals surface area contributed by atoms with Crippen LogP contribution in [0.2, 0.25) is 0 Å². The predicted molar refractivity (Wildman–Crippen MR) is 65.7 cm³/mol. The summed E-state index contributed by atoms with van der Waals surface area (Å²) in [7, 11) is 0. The number of nitrogens with zero attached hydrogens (tertiary/aromatic N) is 3. The van der Waals surface area contributed by atoms with Gasteiger partial charge in [-0.2, -0.15) is 0 Å². The fraction of sp³-hybridized carbons (Fsp3) is 0.769. The molecule has 2 fully saturated rings. The first-order valence-electron chi connectivity index (χ1n) is 6.69. The number of piperazine rings is 1. The van der Waals surface area contributed by atoms with Crippen LogP contribution in [-0.4, -0.2) is 47.2 Å². The molecule has 94 valence electrons. The first-order chi connectivity index (χ1) is 8.33. The molecule has 4 nitrogen and oxygen atoms in total. The van der Waals surface area contributed by atoms with Crippen molar-refractivity contribution in [1.82, 2.24) is 15.0 Å². The Morgan fingerprint density at radius 2 is 2.06 bits per heavy atom. The van der Waals surface area contributed by atoms with Crippen LogP contribution in [-0.2, 0) is 6.54 Å². The number of hydrogen-bond acceptors (Lipinski definition) is 4. The van der Waals surface area contributed by atoms with Crippen molar-refractivity contribution in [3.05, 3.63) is 17.5 Å². The summed E-state index contributed by atoms with van der Waals surface area (Å²) in [6, 6.07) is 0.898. The monoisotopic (exact) mass is 235 g/mol. The molecule has 1 saturated heterocycles. The second kappa shape index (κ2) is 4.78. The molecule has 0 aromatic carbocycles. The van der Waals surface area contributed by atoms with Gasteiger partial charge in [0.15, 0.2) is 0 Å². The maximum absolute atomic E-state index is 5.10. The molecule has 1 aromatic heterocycles. The lowest BCUT2D eigenvalue weighted by atomic mass is 9.91. The van der Waals surface area contributed by atoms with E-state index in [0.29, 0.717) is 0 Å². The van der Waals surface area contributed by atoms with Gasteiger partial charge in [0.2, 0.25) is 0 Å². The molecule has 1 aliphatic carbocycles. The molecule has 0 radical (unpaired) electrons. The van der Waals surface area contributed by atoms with E-state index in [4.69, 9.17) is 4.52 Å². The summed E-state index contributed by atoms with van der Waals surface area (Å²) in [4.78, 5) is 5.18. The SMILES string of the molecule is Cc1oncc1CN1CCN(C2CCC2)CC1. The van der Waals surface area contributed by atoms with E-state index in [2.05, 4.69) is 15.0 Å². The Hall–Kier alpha value is -0.870. The largest absolute Gasteiger partial charge is 0.361 e. The molecule has 0 atom stereocenters. The quantitative estimate of drug-likeness (QED) is 0.797. The molecule has 0 spiro atoms. The molecule has 1 aliphatic heterocycles. The number of aromatic nitrogens is 1. The Morgan fingerprint density at radius 3 is 2.59 bits per heavy atom. The third kappa shape index (κ3) is 2.38. The molecule has 0 N–H and O–H groups in total. The summed E-state index contributed by atoms with van der Waals surface area (Å²) in [6.45, 7) is 7.81. The number of hydrogen-bond donors (Lipinski definition) is 0. The van der Waals surface area contributed by atoms with Crippen LogP contribution in [0.5, 0.6) is 0 Å². The topological polar surface area (TPSA) is 32.5 Å². The Balaban J connectivity index is 1.49. The van der Waals surface area contributed by atoms with Crippen LogP contribution in [0.15, 0.2) is 10.7 Å². The molecular weight excluding hydrogens is 214 g/mol. The van der Waals surface area contributed by atoms with E-state index in [9.17, 15) is 0 Å². The molecule has 4 heteroatoms. The Morgan fingerprint density at radius 1 is 1.29 bits per heavy atom. The molecule has 1 saturated carbocycles. The summed E-state index contributed by atoms with van der Waals surface area (Å²) < 4.78 is 5.10. The first-order valence-corrected chi connectivity index (χ1v) is 6.69. The summed E-state index contributed by atoms with van der Waals surface area (Å²) in [5.41, 5.74) is 1.24. The van der Waals surface area contributed by atoms with E-state index < -0.39 is 0 Å². The maximum atomic E-state index is 5.10. The standard InChI is InChI=1S/C13H21N3O/c1-11-12(9-14-17-11)10-15-5-7-16(8-6-15)13-3-2-4-13/h9,13H,2-8,10H2,1H3. The van der Waals surface area contributed by atoms with Gasteiger partial charge < -0.3 is 4.52 Å². The van der Waals surface area contributed by atoms with Crippen molar-refractivity contribution < 1.29 is 4.52 Å². The van der Waals surface area contributed by atoms with Gasteiger partial charge in [-0.05, 0) is 19.8 Å². The average Bonchev–Trinajstić information content (AvgIpc) is 2.65. The lowest BCUT2D eigenvalue weighted by Crippen LogP contribution is -2.51. The highest BCUT2D eigenvalue weighted by molar-refractivity contribution is 5.11. The highest BCUT2D eigenvalue weighted by Gasteiger charge is 2.27. The summed E-state index contributed by atoms with van der Waals surface area (Å²) in [5, 5.41) is 3.84. The highest BCUT2D eigenvalue weighted by Crippen LogP contribution is 2.25. The smallest absolute Gasteiger partial charge is 0.138 e.